The van der Waals surface area contributed by atoms with Gasteiger partial charge in [0, 0.05) is 18.2 Å². The lowest BCUT2D eigenvalue weighted by Crippen LogP contribution is -2.19. The molecular weight excluding hydrogens is 261 g/mol. The summed E-state index contributed by atoms with van der Waals surface area (Å²) in [5.41, 5.74) is 3.18. The summed E-state index contributed by atoms with van der Waals surface area (Å²) < 4.78 is 40.2. The van der Waals surface area contributed by atoms with Gasteiger partial charge >= 0.3 is 6.18 Å². The zero-order chi connectivity index (χ0) is 14.5. The molecule has 3 N–H and O–H groups in total. The van der Waals surface area contributed by atoms with Crippen LogP contribution in [0.15, 0.2) is 6.07 Å². The fourth-order valence-electron chi connectivity index (χ4n) is 1.35. The van der Waals surface area contributed by atoms with Crippen LogP contribution in [0, 0.1) is 0 Å². The molecule has 0 amide bonds. The monoisotopic (exact) mass is 278 g/mol. The zero-order valence-corrected chi connectivity index (χ0v) is 10.8. The van der Waals surface area contributed by atoms with E-state index in [4.69, 9.17) is 5.84 Å². The second-order valence-electron chi connectivity index (χ2n) is 4.31. The number of nitrogen functional groups attached to an aromatic ring is 1. The summed E-state index contributed by atoms with van der Waals surface area (Å²) in [6.45, 7) is 2.54. The van der Waals surface area contributed by atoms with E-state index >= 15 is 0 Å². The largest absolute Gasteiger partial charge is 0.411 e. The first-order valence-electron chi connectivity index (χ1n) is 5.81. The summed E-state index contributed by atoms with van der Waals surface area (Å²) in [6.07, 6.45) is -4.12. The van der Waals surface area contributed by atoms with E-state index in [1.807, 2.05) is 13.8 Å². The minimum Gasteiger partial charge on any atom is -0.372 e. The molecule has 0 fully saturated rings. The van der Waals surface area contributed by atoms with Crippen LogP contribution < -0.4 is 11.3 Å². The molecule has 1 aromatic rings. The molecule has 0 atom stereocenters. The standard InChI is InChI=1S/C11H17F3N4O/c1-7(2)8-5-10(18-15)17-9(16-8)3-4-19-6-11(12,13)14/h5,7H,3-4,6,15H2,1-2H3,(H,16,17,18). The highest BCUT2D eigenvalue weighted by atomic mass is 19.4. The molecule has 0 saturated heterocycles. The molecule has 19 heavy (non-hydrogen) atoms. The van der Waals surface area contributed by atoms with Gasteiger partial charge in [0.1, 0.15) is 18.2 Å². The van der Waals surface area contributed by atoms with Crippen molar-refractivity contribution in [1.29, 1.82) is 0 Å². The van der Waals surface area contributed by atoms with Crippen LogP contribution in [0.1, 0.15) is 31.3 Å². The highest BCUT2D eigenvalue weighted by molar-refractivity contribution is 5.35. The average molecular weight is 278 g/mol. The Morgan fingerprint density at radius 1 is 1.37 bits per heavy atom. The van der Waals surface area contributed by atoms with Crippen LogP contribution in [0.4, 0.5) is 19.0 Å². The number of rotatable bonds is 6. The van der Waals surface area contributed by atoms with Gasteiger partial charge in [0.2, 0.25) is 0 Å². The Kier molecular flexibility index (Phi) is 5.49. The van der Waals surface area contributed by atoms with Crippen molar-refractivity contribution in [1.82, 2.24) is 9.97 Å². The molecule has 108 valence electrons. The van der Waals surface area contributed by atoms with Gasteiger partial charge in [0.15, 0.2) is 0 Å². The first kappa shape index (κ1) is 15.6. The highest BCUT2D eigenvalue weighted by Gasteiger charge is 2.27. The van der Waals surface area contributed by atoms with E-state index in [9.17, 15) is 13.2 Å². The van der Waals surface area contributed by atoms with Gasteiger partial charge in [-0.25, -0.2) is 15.8 Å². The topological polar surface area (TPSA) is 73.1 Å². The number of halogens is 3. The molecule has 0 aliphatic heterocycles. The van der Waals surface area contributed by atoms with Crippen molar-refractivity contribution >= 4 is 5.82 Å². The van der Waals surface area contributed by atoms with Crippen molar-refractivity contribution in [3.8, 4) is 0 Å². The number of aromatic nitrogens is 2. The quantitative estimate of drug-likeness (QED) is 0.473. The van der Waals surface area contributed by atoms with Crippen LogP contribution in [0.2, 0.25) is 0 Å². The Bertz CT molecular complexity index is 409. The molecule has 0 radical (unpaired) electrons. The lowest BCUT2D eigenvalue weighted by atomic mass is 10.1. The smallest absolute Gasteiger partial charge is 0.372 e. The molecule has 0 saturated carbocycles. The third-order valence-electron chi connectivity index (χ3n) is 2.27. The lowest BCUT2D eigenvalue weighted by Gasteiger charge is -2.10. The summed E-state index contributed by atoms with van der Waals surface area (Å²) in [4.78, 5) is 8.31. The molecular formula is C11H17F3N4O. The van der Waals surface area contributed by atoms with Gasteiger partial charge < -0.3 is 10.2 Å². The Balaban J connectivity index is 2.60. The van der Waals surface area contributed by atoms with E-state index in [-0.39, 0.29) is 18.9 Å². The van der Waals surface area contributed by atoms with Gasteiger partial charge in [-0.05, 0) is 5.92 Å². The van der Waals surface area contributed by atoms with Gasteiger partial charge in [0.05, 0.1) is 6.61 Å². The number of nitrogens with one attached hydrogen (secondary N) is 1. The van der Waals surface area contributed by atoms with E-state index < -0.39 is 12.8 Å². The first-order valence-corrected chi connectivity index (χ1v) is 5.81. The summed E-state index contributed by atoms with van der Waals surface area (Å²) in [5, 5.41) is 0. The Hall–Kier alpha value is -1.41. The summed E-state index contributed by atoms with van der Waals surface area (Å²) >= 11 is 0. The lowest BCUT2D eigenvalue weighted by molar-refractivity contribution is -0.173. The maximum atomic E-state index is 11.9. The van der Waals surface area contributed by atoms with Crippen molar-refractivity contribution < 1.29 is 17.9 Å². The van der Waals surface area contributed by atoms with Crippen molar-refractivity contribution in [3.63, 3.8) is 0 Å². The number of nitrogens with zero attached hydrogens (tertiary/aromatic N) is 2. The number of ether oxygens (including phenoxy) is 1. The van der Waals surface area contributed by atoms with Crippen LogP contribution in [-0.4, -0.2) is 29.4 Å². The predicted molar refractivity (Wildman–Crippen MR) is 64.5 cm³/mol. The highest BCUT2D eigenvalue weighted by Crippen LogP contribution is 2.16. The van der Waals surface area contributed by atoms with Crippen LogP contribution in [0.5, 0.6) is 0 Å². The number of hydrogen-bond acceptors (Lipinski definition) is 5. The number of nitrogens with two attached hydrogens (primary N) is 1. The minimum atomic E-state index is -4.31. The van der Waals surface area contributed by atoms with E-state index in [1.54, 1.807) is 6.07 Å². The first-order chi connectivity index (χ1) is 8.81. The van der Waals surface area contributed by atoms with Crippen molar-refractivity contribution in [3.05, 3.63) is 17.6 Å². The van der Waals surface area contributed by atoms with Gasteiger partial charge in [-0.3, -0.25) is 0 Å². The second kappa shape index (κ2) is 6.67. The fraction of sp³-hybridized carbons (Fsp3) is 0.636. The fourth-order valence-corrected chi connectivity index (χ4v) is 1.35. The Labute approximate surface area is 109 Å². The maximum absolute atomic E-state index is 11.9. The van der Waals surface area contributed by atoms with Crippen molar-refractivity contribution in [2.75, 3.05) is 18.6 Å². The third kappa shape index (κ3) is 5.84. The Morgan fingerprint density at radius 2 is 2.05 bits per heavy atom. The SMILES string of the molecule is CC(C)c1cc(NN)nc(CCOCC(F)(F)F)n1. The molecule has 0 spiro atoms. The maximum Gasteiger partial charge on any atom is 0.411 e. The van der Waals surface area contributed by atoms with Crippen molar-refractivity contribution in [2.45, 2.75) is 32.4 Å². The van der Waals surface area contributed by atoms with Crippen LogP contribution >= 0.6 is 0 Å². The summed E-state index contributed by atoms with van der Waals surface area (Å²) in [7, 11) is 0. The number of hydrogen-bond donors (Lipinski definition) is 2. The average Bonchev–Trinajstić information content (AvgIpc) is 2.33. The molecule has 0 aliphatic rings. The molecule has 1 aromatic heterocycles. The molecule has 1 heterocycles. The normalized spacial score (nSPS) is 11.9. The van der Waals surface area contributed by atoms with Gasteiger partial charge in [-0.1, -0.05) is 13.8 Å². The van der Waals surface area contributed by atoms with Crippen molar-refractivity contribution in [2.24, 2.45) is 5.84 Å². The molecule has 0 aromatic carbocycles. The van der Waals surface area contributed by atoms with Gasteiger partial charge in [-0.2, -0.15) is 13.2 Å². The minimum absolute atomic E-state index is 0.0922. The van der Waals surface area contributed by atoms with Gasteiger partial charge in [0.25, 0.3) is 0 Å². The van der Waals surface area contributed by atoms with Gasteiger partial charge in [-0.15, -0.1) is 0 Å². The third-order valence-corrected chi connectivity index (χ3v) is 2.27. The summed E-state index contributed by atoms with van der Waals surface area (Å²) in [6, 6.07) is 1.70. The van der Waals surface area contributed by atoms with E-state index in [2.05, 4.69) is 20.1 Å². The number of anilines is 1. The molecule has 8 heteroatoms. The van der Waals surface area contributed by atoms with E-state index in [1.165, 1.54) is 0 Å². The number of alkyl halides is 3. The van der Waals surface area contributed by atoms with E-state index in [0.29, 0.717) is 11.6 Å². The molecule has 0 aliphatic carbocycles. The van der Waals surface area contributed by atoms with Crippen LogP contribution in [0.25, 0.3) is 0 Å². The summed E-state index contributed by atoms with van der Waals surface area (Å²) in [5.74, 6) is 6.29. The molecule has 0 bridgehead atoms. The van der Waals surface area contributed by atoms with Crippen LogP contribution in [0.3, 0.4) is 0 Å². The van der Waals surface area contributed by atoms with E-state index in [0.717, 1.165) is 5.69 Å². The molecule has 1 rings (SSSR count). The molecule has 5 nitrogen and oxygen atoms in total. The predicted octanol–water partition coefficient (Wildman–Crippen LogP) is 2.01. The zero-order valence-electron chi connectivity index (χ0n) is 10.8. The number of hydrazine groups is 1. The molecule has 0 unspecified atom stereocenters. The second-order valence-corrected chi connectivity index (χ2v) is 4.31. The Morgan fingerprint density at radius 3 is 2.58 bits per heavy atom. The van der Waals surface area contributed by atoms with Crippen LogP contribution in [-0.2, 0) is 11.2 Å².